The number of amides is 1. The molecule has 0 aliphatic carbocycles. The Morgan fingerprint density at radius 3 is 2.90 bits per heavy atom. The zero-order chi connectivity index (χ0) is 15.2. The Balaban J connectivity index is 1.89. The Hall–Kier alpha value is -2.16. The lowest BCUT2D eigenvalue weighted by Gasteiger charge is -2.13. The van der Waals surface area contributed by atoms with Gasteiger partial charge < -0.3 is 10.2 Å². The number of likely N-dealkylation sites (N-methyl/N-ethyl adjacent to an activating group) is 1. The van der Waals surface area contributed by atoms with E-state index in [1.807, 2.05) is 7.05 Å². The monoisotopic (exact) mass is 300 g/mol. The number of nitrogens with one attached hydrogen (secondary N) is 2. The summed E-state index contributed by atoms with van der Waals surface area (Å²) in [6.07, 6.45) is 0. The Kier molecular flexibility index (Phi) is 5.09. The van der Waals surface area contributed by atoms with Crippen LogP contribution in [0.4, 0.5) is 5.69 Å². The molecule has 1 aromatic heterocycles. The molecular formula is C16H18N3OS+. The number of hydrogen-bond donors (Lipinski definition) is 2. The van der Waals surface area contributed by atoms with Crippen molar-refractivity contribution in [2.45, 2.75) is 13.5 Å². The third kappa shape index (κ3) is 4.42. The maximum atomic E-state index is 12.0. The minimum atomic E-state index is -0.0446. The minimum absolute atomic E-state index is 0.0446. The van der Waals surface area contributed by atoms with Gasteiger partial charge in [-0.1, -0.05) is 6.07 Å². The number of carbonyl (C=O) groups is 1. The van der Waals surface area contributed by atoms with Crippen molar-refractivity contribution in [3.63, 3.8) is 0 Å². The fourth-order valence-electron chi connectivity index (χ4n) is 2.07. The van der Waals surface area contributed by atoms with Crippen molar-refractivity contribution < 1.29 is 9.69 Å². The average Bonchev–Trinajstić information content (AvgIpc) is 2.84. The summed E-state index contributed by atoms with van der Waals surface area (Å²) in [6.45, 7) is 3.33. The first-order chi connectivity index (χ1) is 10.1. The number of nitrogens with zero attached hydrogens (tertiary/aromatic N) is 1. The first-order valence-electron chi connectivity index (χ1n) is 6.73. The lowest BCUT2D eigenvalue weighted by atomic mass is 10.2. The van der Waals surface area contributed by atoms with Crippen LogP contribution in [0.5, 0.6) is 0 Å². The van der Waals surface area contributed by atoms with Gasteiger partial charge in [0.1, 0.15) is 6.54 Å². The van der Waals surface area contributed by atoms with Crippen LogP contribution in [0.1, 0.15) is 16.0 Å². The maximum Gasteiger partial charge on any atom is 0.279 e. The molecule has 0 aliphatic rings. The van der Waals surface area contributed by atoms with Crippen LogP contribution in [0, 0.1) is 18.3 Å². The van der Waals surface area contributed by atoms with Crippen LogP contribution in [0.15, 0.2) is 35.7 Å². The van der Waals surface area contributed by atoms with E-state index in [9.17, 15) is 4.79 Å². The molecule has 1 atom stereocenters. The molecule has 0 saturated carbocycles. The summed E-state index contributed by atoms with van der Waals surface area (Å²) >= 11 is 1.73. The van der Waals surface area contributed by atoms with Gasteiger partial charge in [-0.25, -0.2) is 0 Å². The highest BCUT2D eigenvalue weighted by atomic mass is 32.1. The van der Waals surface area contributed by atoms with Gasteiger partial charge in [-0.15, -0.1) is 11.3 Å². The van der Waals surface area contributed by atoms with Crippen molar-refractivity contribution in [3.05, 3.63) is 51.7 Å². The molecule has 1 heterocycles. The van der Waals surface area contributed by atoms with Crippen molar-refractivity contribution in [3.8, 4) is 6.07 Å². The summed E-state index contributed by atoms with van der Waals surface area (Å²) in [7, 11) is 2.00. The van der Waals surface area contributed by atoms with Gasteiger partial charge in [-0.2, -0.15) is 5.26 Å². The number of anilines is 1. The summed E-state index contributed by atoms with van der Waals surface area (Å²) < 4.78 is 0. The lowest BCUT2D eigenvalue weighted by Crippen LogP contribution is -3.08. The molecule has 0 fully saturated rings. The number of carbonyl (C=O) groups excluding carboxylic acids is 1. The van der Waals surface area contributed by atoms with Gasteiger partial charge >= 0.3 is 0 Å². The molecule has 0 aliphatic heterocycles. The molecule has 2 N–H and O–H groups in total. The largest absolute Gasteiger partial charge is 0.325 e. The van der Waals surface area contributed by atoms with Gasteiger partial charge in [0.05, 0.1) is 23.6 Å². The second-order valence-electron chi connectivity index (χ2n) is 5.08. The van der Waals surface area contributed by atoms with Crippen molar-refractivity contribution in [2.75, 3.05) is 18.9 Å². The quantitative estimate of drug-likeness (QED) is 0.881. The van der Waals surface area contributed by atoms with E-state index in [1.54, 1.807) is 35.6 Å². The number of aryl methyl sites for hydroxylation is 1. The van der Waals surface area contributed by atoms with Gasteiger partial charge in [-0.05, 0) is 42.1 Å². The molecule has 5 heteroatoms. The molecule has 4 nitrogen and oxygen atoms in total. The van der Waals surface area contributed by atoms with Crippen LogP contribution in [0.2, 0.25) is 0 Å². The Bertz CT molecular complexity index is 672. The number of quaternary nitrogens is 1. The fourth-order valence-corrected chi connectivity index (χ4v) is 3.09. The van der Waals surface area contributed by atoms with Gasteiger partial charge in [-0.3, -0.25) is 4.79 Å². The van der Waals surface area contributed by atoms with Crippen molar-refractivity contribution in [1.82, 2.24) is 0 Å². The van der Waals surface area contributed by atoms with Crippen molar-refractivity contribution >= 4 is 22.9 Å². The van der Waals surface area contributed by atoms with Crippen LogP contribution in [0.3, 0.4) is 0 Å². The fraction of sp³-hybridized carbons (Fsp3) is 0.250. The van der Waals surface area contributed by atoms with Crippen LogP contribution >= 0.6 is 11.3 Å². The Morgan fingerprint density at radius 1 is 1.43 bits per heavy atom. The number of thiophene rings is 1. The SMILES string of the molecule is Cc1ccsc1C[NH+](C)CC(=O)Nc1cccc(C#N)c1. The van der Waals surface area contributed by atoms with E-state index in [-0.39, 0.29) is 5.91 Å². The van der Waals surface area contributed by atoms with Gasteiger partial charge in [0.25, 0.3) is 5.91 Å². The second kappa shape index (κ2) is 7.02. The lowest BCUT2D eigenvalue weighted by molar-refractivity contribution is -0.884. The van der Waals surface area contributed by atoms with Gasteiger partial charge in [0.15, 0.2) is 6.54 Å². The third-order valence-corrected chi connectivity index (χ3v) is 4.19. The second-order valence-corrected chi connectivity index (χ2v) is 6.08. The first-order valence-corrected chi connectivity index (χ1v) is 7.60. The van der Waals surface area contributed by atoms with E-state index in [4.69, 9.17) is 5.26 Å². The highest BCUT2D eigenvalue weighted by molar-refractivity contribution is 7.10. The van der Waals surface area contributed by atoms with Gasteiger partial charge in [0, 0.05) is 5.69 Å². The molecule has 0 spiro atoms. The summed E-state index contributed by atoms with van der Waals surface area (Å²) in [6, 6.07) is 11.1. The molecule has 2 aromatic rings. The molecule has 1 amide bonds. The zero-order valence-corrected chi connectivity index (χ0v) is 13.0. The highest BCUT2D eigenvalue weighted by Gasteiger charge is 2.12. The van der Waals surface area contributed by atoms with E-state index in [0.717, 1.165) is 11.4 Å². The molecule has 1 aromatic carbocycles. The zero-order valence-electron chi connectivity index (χ0n) is 12.1. The van der Waals surface area contributed by atoms with E-state index >= 15 is 0 Å². The minimum Gasteiger partial charge on any atom is -0.325 e. The molecule has 0 radical (unpaired) electrons. The molecule has 2 rings (SSSR count). The summed E-state index contributed by atoms with van der Waals surface area (Å²) in [5, 5.41) is 13.8. The molecule has 1 unspecified atom stereocenters. The summed E-state index contributed by atoms with van der Waals surface area (Å²) in [4.78, 5) is 14.5. The molecule has 0 bridgehead atoms. The normalized spacial score (nSPS) is 11.7. The molecule has 0 saturated heterocycles. The Labute approximate surface area is 128 Å². The van der Waals surface area contributed by atoms with Gasteiger partial charge in [0.2, 0.25) is 0 Å². The predicted octanol–water partition coefficient (Wildman–Crippen LogP) is 1.58. The summed E-state index contributed by atoms with van der Waals surface area (Å²) in [5.74, 6) is -0.0446. The summed E-state index contributed by atoms with van der Waals surface area (Å²) in [5.41, 5.74) is 2.49. The molecule has 108 valence electrons. The molecular weight excluding hydrogens is 282 g/mol. The van der Waals surface area contributed by atoms with Crippen LogP contribution in [-0.4, -0.2) is 19.5 Å². The van der Waals surface area contributed by atoms with E-state index in [2.05, 4.69) is 29.8 Å². The Morgan fingerprint density at radius 2 is 2.24 bits per heavy atom. The van der Waals surface area contributed by atoms with Crippen LogP contribution in [0.25, 0.3) is 0 Å². The van der Waals surface area contributed by atoms with Crippen LogP contribution < -0.4 is 10.2 Å². The van der Waals surface area contributed by atoms with Crippen molar-refractivity contribution in [1.29, 1.82) is 5.26 Å². The van der Waals surface area contributed by atoms with Crippen LogP contribution in [-0.2, 0) is 11.3 Å². The smallest absolute Gasteiger partial charge is 0.279 e. The number of benzene rings is 1. The van der Waals surface area contributed by atoms with E-state index in [0.29, 0.717) is 17.8 Å². The van der Waals surface area contributed by atoms with E-state index in [1.165, 1.54) is 10.4 Å². The molecule has 21 heavy (non-hydrogen) atoms. The third-order valence-electron chi connectivity index (χ3n) is 3.17. The topological polar surface area (TPSA) is 57.3 Å². The first kappa shape index (κ1) is 15.2. The van der Waals surface area contributed by atoms with E-state index < -0.39 is 0 Å². The number of nitriles is 1. The maximum absolute atomic E-state index is 12.0. The number of rotatable bonds is 5. The highest BCUT2D eigenvalue weighted by Crippen LogP contribution is 2.13. The van der Waals surface area contributed by atoms with Crippen molar-refractivity contribution in [2.24, 2.45) is 0 Å². The average molecular weight is 300 g/mol. The number of hydrogen-bond acceptors (Lipinski definition) is 3. The predicted molar refractivity (Wildman–Crippen MR) is 84.3 cm³/mol. The standard InChI is InChI=1S/C16H17N3OS/c1-12-6-7-21-15(12)10-19(2)11-16(20)18-14-5-3-4-13(8-14)9-17/h3-8H,10-11H2,1-2H3,(H,18,20)/p+1.